The van der Waals surface area contributed by atoms with Gasteiger partial charge in [-0.05, 0) is 6.42 Å². The fourth-order valence-electron chi connectivity index (χ4n) is 0.711. The molecule has 0 saturated heterocycles. The highest BCUT2D eigenvalue weighted by Crippen LogP contribution is 1.98. The summed E-state index contributed by atoms with van der Waals surface area (Å²) in [6, 6.07) is 0. The minimum Gasteiger partial charge on any atom is -0.359 e. The summed E-state index contributed by atoms with van der Waals surface area (Å²) in [6.07, 6.45) is 1.01. The van der Waals surface area contributed by atoms with Crippen LogP contribution < -0.4 is 0 Å². The van der Waals surface area contributed by atoms with Gasteiger partial charge in [0.2, 0.25) is 0 Å². The molecule has 0 aromatic rings. The summed E-state index contributed by atoms with van der Waals surface area (Å²) in [5, 5.41) is 0. The van der Waals surface area contributed by atoms with Gasteiger partial charge < -0.3 is 18.9 Å². The molecule has 0 aromatic carbocycles. The Labute approximate surface area is 73.7 Å². The van der Waals surface area contributed by atoms with Gasteiger partial charge in [-0.2, -0.15) is 0 Å². The molecule has 0 N–H and O–H groups in total. The Hall–Kier alpha value is -0.160. The molecule has 0 aliphatic rings. The molecule has 12 heavy (non-hydrogen) atoms. The van der Waals surface area contributed by atoms with E-state index in [1.165, 1.54) is 0 Å². The van der Waals surface area contributed by atoms with Crippen molar-refractivity contribution >= 4 is 0 Å². The molecule has 0 aliphatic heterocycles. The van der Waals surface area contributed by atoms with E-state index in [0.717, 1.165) is 6.42 Å². The van der Waals surface area contributed by atoms with Gasteiger partial charge in [-0.15, -0.1) is 0 Å². The lowest BCUT2D eigenvalue weighted by atomic mass is 10.3. The van der Waals surface area contributed by atoms with E-state index in [1.54, 1.807) is 14.2 Å². The average molecular weight is 178 g/mol. The lowest BCUT2D eigenvalue weighted by Crippen LogP contribution is -2.20. The second-order valence-corrected chi connectivity index (χ2v) is 2.38. The Balaban J connectivity index is 3.26. The third-order valence-corrected chi connectivity index (χ3v) is 1.38. The van der Waals surface area contributed by atoms with Crippen molar-refractivity contribution in [2.75, 3.05) is 34.4 Å². The van der Waals surface area contributed by atoms with Crippen LogP contribution >= 0.6 is 0 Å². The molecule has 0 fully saturated rings. The lowest BCUT2D eigenvalue weighted by molar-refractivity contribution is -0.120. The minimum absolute atomic E-state index is 0.0973. The summed E-state index contributed by atoms with van der Waals surface area (Å²) in [5.41, 5.74) is 0. The van der Waals surface area contributed by atoms with Crippen LogP contribution in [0.1, 0.15) is 13.3 Å². The predicted molar refractivity (Wildman–Crippen MR) is 44.9 cm³/mol. The second kappa shape index (κ2) is 8.93. The highest BCUT2D eigenvalue weighted by atomic mass is 16.7. The summed E-state index contributed by atoms with van der Waals surface area (Å²) in [7, 11) is 3.19. The van der Waals surface area contributed by atoms with E-state index >= 15 is 0 Å². The number of methoxy groups -OCH3 is 2. The molecule has 0 saturated carbocycles. The molecule has 0 rings (SSSR count). The van der Waals surface area contributed by atoms with Gasteiger partial charge in [0.25, 0.3) is 0 Å². The third kappa shape index (κ3) is 6.54. The molecule has 0 radical (unpaired) electrons. The minimum atomic E-state index is 0.0973. The van der Waals surface area contributed by atoms with Crippen molar-refractivity contribution < 1.29 is 18.9 Å². The first-order valence-corrected chi connectivity index (χ1v) is 4.02. The first kappa shape index (κ1) is 11.8. The normalized spacial score (nSPS) is 13.2. The van der Waals surface area contributed by atoms with Crippen molar-refractivity contribution in [2.24, 2.45) is 0 Å². The van der Waals surface area contributed by atoms with E-state index in [-0.39, 0.29) is 6.10 Å². The Bertz CT molecular complexity index is 87.1. The van der Waals surface area contributed by atoms with Gasteiger partial charge in [0.05, 0.1) is 12.7 Å². The molecule has 1 unspecified atom stereocenters. The van der Waals surface area contributed by atoms with Gasteiger partial charge >= 0.3 is 0 Å². The van der Waals surface area contributed by atoms with Gasteiger partial charge in [0.15, 0.2) is 0 Å². The van der Waals surface area contributed by atoms with Crippen molar-refractivity contribution in [3.8, 4) is 0 Å². The van der Waals surface area contributed by atoms with Crippen LogP contribution in [0.15, 0.2) is 0 Å². The Kier molecular flexibility index (Phi) is 8.81. The summed E-state index contributed by atoms with van der Waals surface area (Å²) in [5.74, 6) is 0. The van der Waals surface area contributed by atoms with E-state index < -0.39 is 0 Å². The summed E-state index contributed by atoms with van der Waals surface area (Å²) in [4.78, 5) is 0. The van der Waals surface area contributed by atoms with Gasteiger partial charge in [0.1, 0.15) is 13.6 Å². The zero-order valence-corrected chi connectivity index (χ0v) is 8.04. The molecular weight excluding hydrogens is 160 g/mol. The Morgan fingerprint density at radius 3 is 2.25 bits per heavy atom. The molecule has 4 heteroatoms. The van der Waals surface area contributed by atoms with Crippen LogP contribution in [-0.2, 0) is 18.9 Å². The first-order valence-electron chi connectivity index (χ1n) is 4.02. The Morgan fingerprint density at radius 2 is 1.75 bits per heavy atom. The van der Waals surface area contributed by atoms with E-state index in [9.17, 15) is 0 Å². The van der Waals surface area contributed by atoms with Crippen LogP contribution in [0.2, 0.25) is 0 Å². The largest absolute Gasteiger partial charge is 0.359 e. The van der Waals surface area contributed by atoms with Crippen LogP contribution in [0, 0.1) is 0 Å². The van der Waals surface area contributed by atoms with Crippen molar-refractivity contribution in [1.82, 2.24) is 0 Å². The van der Waals surface area contributed by atoms with Crippen molar-refractivity contribution in [2.45, 2.75) is 19.4 Å². The van der Waals surface area contributed by atoms with Gasteiger partial charge in [0, 0.05) is 14.2 Å². The van der Waals surface area contributed by atoms with E-state index in [1.807, 2.05) is 6.92 Å². The fraction of sp³-hybridized carbons (Fsp3) is 1.00. The van der Waals surface area contributed by atoms with Crippen molar-refractivity contribution in [1.29, 1.82) is 0 Å². The SMILES string of the molecule is CCC(COCOC)OCOC. The highest BCUT2D eigenvalue weighted by molar-refractivity contribution is 4.50. The van der Waals surface area contributed by atoms with Crippen molar-refractivity contribution in [3.05, 3.63) is 0 Å². The third-order valence-electron chi connectivity index (χ3n) is 1.38. The molecule has 4 nitrogen and oxygen atoms in total. The molecular formula is C8H18O4. The van der Waals surface area contributed by atoms with Crippen LogP contribution in [0.3, 0.4) is 0 Å². The maximum absolute atomic E-state index is 5.28. The van der Waals surface area contributed by atoms with Gasteiger partial charge in [-0.3, -0.25) is 0 Å². The first-order chi connectivity index (χ1) is 5.85. The monoisotopic (exact) mass is 178 g/mol. The molecule has 74 valence electrons. The van der Waals surface area contributed by atoms with Gasteiger partial charge in [-0.1, -0.05) is 6.92 Å². The summed E-state index contributed by atoms with van der Waals surface area (Å²) < 4.78 is 19.9. The van der Waals surface area contributed by atoms with Crippen molar-refractivity contribution in [3.63, 3.8) is 0 Å². The maximum Gasteiger partial charge on any atom is 0.146 e. The number of hydrogen-bond donors (Lipinski definition) is 0. The van der Waals surface area contributed by atoms with Crippen LogP contribution in [0.25, 0.3) is 0 Å². The molecule has 0 bridgehead atoms. The average Bonchev–Trinajstić information content (AvgIpc) is 2.11. The lowest BCUT2D eigenvalue weighted by Gasteiger charge is -2.14. The zero-order chi connectivity index (χ0) is 9.23. The topological polar surface area (TPSA) is 36.9 Å². The Morgan fingerprint density at radius 1 is 1.08 bits per heavy atom. The summed E-state index contributed by atoms with van der Waals surface area (Å²) >= 11 is 0. The molecule has 0 heterocycles. The van der Waals surface area contributed by atoms with E-state index in [2.05, 4.69) is 0 Å². The predicted octanol–water partition coefficient (Wildman–Crippen LogP) is 1.01. The van der Waals surface area contributed by atoms with E-state index in [0.29, 0.717) is 20.2 Å². The van der Waals surface area contributed by atoms with E-state index in [4.69, 9.17) is 18.9 Å². The molecule has 0 aromatic heterocycles. The number of hydrogen-bond acceptors (Lipinski definition) is 4. The number of ether oxygens (including phenoxy) is 4. The highest BCUT2D eigenvalue weighted by Gasteiger charge is 2.05. The van der Waals surface area contributed by atoms with Crippen LogP contribution in [0.5, 0.6) is 0 Å². The van der Waals surface area contributed by atoms with Crippen LogP contribution in [-0.4, -0.2) is 40.5 Å². The number of rotatable bonds is 8. The maximum atomic E-state index is 5.28. The summed E-state index contributed by atoms with van der Waals surface area (Å²) in [6.45, 7) is 3.21. The van der Waals surface area contributed by atoms with Crippen LogP contribution in [0.4, 0.5) is 0 Å². The standard InChI is InChI=1S/C8H18O4/c1-4-8(12-7-10-3)5-11-6-9-2/h8H,4-7H2,1-3H3. The smallest absolute Gasteiger partial charge is 0.146 e. The molecule has 1 atom stereocenters. The van der Waals surface area contributed by atoms with Gasteiger partial charge in [-0.25, -0.2) is 0 Å². The zero-order valence-electron chi connectivity index (χ0n) is 8.04. The molecule has 0 amide bonds. The molecule has 0 spiro atoms. The fourth-order valence-corrected chi connectivity index (χ4v) is 0.711. The molecule has 0 aliphatic carbocycles. The quantitative estimate of drug-likeness (QED) is 0.410. The second-order valence-electron chi connectivity index (χ2n) is 2.38.